The Morgan fingerprint density at radius 2 is 2.18 bits per heavy atom. The zero-order valence-corrected chi connectivity index (χ0v) is 12.2. The molecule has 0 aliphatic heterocycles. The lowest BCUT2D eigenvalue weighted by atomic mass is 10.1. The highest BCUT2D eigenvalue weighted by molar-refractivity contribution is 7.11. The third-order valence-electron chi connectivity index (χ3n) is 3.62. The average molecular weight is 252 g/mol. The Morgan fingerprint density at radius 3 is 2.76 bits per heavy atom. The predicted molar refractivity (Wildman–Crippen MR) is 74.6 cm³/mol. The van der Waals surface area contributed by atoms with Gasteiger partial charge in [0.15, 0.2) is 0 Å². The fourth-order valence-electron chi connectivity index (χ4n) is 2.52. The summed E-state index contributed by atoms with van der Waals surface area (Å²) < 4.78 is 0. The zero-order valence-electron chi connectivity index (χ0n) is 11.4. The van der Waals surface area contributed by atoms with Gasteiger partial charge >= 0.3 is 0 Å². The molecule has 2 rings (SSSR count). The Labute approximate surface area is 109 Å². The fourth-order valence-corrected chi connectivity index (χ4v) is 3.68. The molecule has 96 valence electrons. The smallest absolute Gasteiger partial charge is 0.0962 e. The van der Waals surface area contributed by atoms with Crippen LogP contribution in [-0.4, -0.2) is 11.0 Å². The largest absolute Gasteiger partial charge is 0.310 e. The summed E-state index contributed by atoms with van der Waals surface area (Å²) >= 11 is 1.93. The quantitative estimate of drug-likeness (QED) is 0.880. The normalized spacial score (nSPS) is 24.8. The Balaban J connectivity index is 2.02. The lowest BCUT2D eigenvalue weighted by Gasteiger charge is -2.06. The molecule has 1 aliphatic rings. The molecule has 0 aromatic carbocycles. The first kappa shape index (κ1) is 13.0. The van der Waals surface area contributed by atoms with E-state index in [1.165, 1.54) is 34.8 Å². The number of hydrogen-bond donors (Lipinski definition) is 1. The van der Waals surface area contributed by atoms with E-state index in [9.17, 15) is 0 Å². The highest BCUT2D eigenvalue weighted by Gasteiger charge is 2.25. The molecule has 0 amide bonds. The Bertz CT molecular complexity index is 370. The van der Waals surface area contributed by atoms with Crippen LogP contribution in [0.3, 0.4) is 0 Å². The highest BCUT2D eigenvalue weighted by Crippen LogP contribution is 2.40. The standard InChI is InChI=1S/C14H24N2S/c1-9(2)15-8-13-11(4)16-14(17-13)12-6-5-10(3)7-12/h9-10,12,15H,5-8H2,1-4H3. The minimum Gasteiger partial charge on any atom is -0.310 e. The van der Waals surface area contributed by atoms with Gasteiger partial charge in [-0.1, -0.05) is 27.2 Å². The van der Waals surface area contributed by atoms with Crippen LogP contribution in [0.5, 0.6) is 0 Å². The lowest BCUT2D eigenvalue weighted by Crippen LogP contribution is -2.21. The predicted octanol–water partition coefficient (Wildman–Crippen LogP) is 3.85. The van der Waals surface area contributed by atoms with Crippen LogP contribution < -0.4 is 5.32 Å². The van der Waals surface area contributed by atoms with E-state index in [-0.39, 0.29) is 0 Å². The third kappa shape index (κ3) is 3.29. The molecule has 1 aliphatic carbocycles. The molecule has 2 atom stereocenters. The Morgan fingerprint density at radius 1 is 1.41 bits per heavy atom. The van der Waals surface area contributed by atoms with Crippen molar-refractivity contribution in [1.29, 1.82) is 0 Å². The van der Waals surface area contributed by atoms with Gasteiger partial charge in [-0.25, -0.2) is 4.98 Å². The second-order valence-electron chi connectivity index (χ2n) is 5.71. The van der Waals surface area contributed by atoms with Crippen molar-refractivity contribution in [3.05, 3.63) is 15.6 Å². The van der Waals surface area contributed by atoms with E-state index >= 15 is 0 Å². The summed E-state index contributed by atoms with van der Waals surface area (Å²) in [4.78, 5) is 6.21. The Kier molecular flexibility index (Phi) is 4.21. The van der Waals surface area contributed by atoms with Crippen LogP contribution in [-0.2, 0) is 6.54 Å². The van der Waals surface area contributed by atoms with Crippen molar-refractivity contribution < 1.29 is 0 Å². The molecule has 1 N–H and O–H groups in total. The molecular formula is C14H24N2S. The molecule has 0 saturated heterocycles. The molecule has 1 saturated carbocycles. The maximum absolute atomic E-state index is 4.78. The monoisotopic (exact) mass is 252 g/mol. The van der Waals surface area contributed by atoms with Gasteiger partial charge in [-0.15, -0.1) is 11.3 Å². The summed E-state index contributed by atoms with van der Waals surface area (Å²) in [6, 6.07) is 0.548. The SMILES string of the molecule is Cc1nc(C2CCC(C)C2)sc1CNC(C)C. The zero-order chi connectivity index (χ0) is 12.4. The summed E-state index contributed by atoms with van der Waals surface area (Å²) in [6.45, 7) is 9.87. The van der Waals surface area contributed by atoms with Gasteiger partial charge in [0.2, 0.25) is 0 Å². The van der Waals surface area contributed by atoms with E-state index in [0.29, 0.717) is 6.04 Å². The number of hydrogen-bond acceptors (Lipinski definition) is 3. The van der Waals surface area contributed by atoms with Crippen molar-refractivity contribution in [3.8, 4) is 0 Å². The van der Waals surface area contributed by atoms with Crippen LogP contribution in [0.2, 0.25) is 0 Å². The van der Waals surface area contributed by atoms with Crippen molar-refractivity contribution in [2.45, 2.75) is 65.5 Å². The van der Waals surface area contributed by atoms with E-state index in [4.69, 9.17) is 4.98 Å². The summed E-state index contributed by atoms with van der Waals surface area (Å²) in [5.41, 5.74) is 1.23. The number of rotatable bonds is 4. The van der Waals surface area contributed by atoms with Gasteiger partial charge in [-0.3, -0.25) is 0 Å². The third-order valence-corrected chi connectivity index (χ3v) is 4.94. The minimum atomic E-state index is 0.548. The number of nitrogens with one attached hydrogen (secondary N) is 1. The van der Waals surface area contributed by atoms with E-state index in [1.54, 1.807) is 0 Å². The molecule has 1 heterocycles. The summed E-state index contributed by atoms with van der Waals surface area (Å²) in [6.07, 6.45) is 4.05. The van der Waals surface area contributed by atoms with Crippen LogP contribution in [0.4, 0.5) is 0 Å². The van der Waals surface area contributed by atoms with E-state index in [0.717, 1.165) is 18.4 Å². The first-order valence-corrected chi connectivity index (χ1v) is 7.57. The fraction of sp³-hybridized carbons (Fsp3) is 0.786. The van der Waals surface area contributed by atoms with Crippen LogP contribution in [0, 0.1) is 12.8 Å². The molecule has 2 unspecified atom stereocenters. The van der Waals surface area contributed by atoms with Crippen molar-refractivity contribution >= 4 is 11.3 Å². The lowest BCUT2D eigenvalue weighted by molar-refractivity contribution is 0.591. The number of aryl methyl sites for hydroxylation is 1. The van der Waals surface area contributed by atoms with Crippen molar-refractivity contribution in [2.75, 3.05) is 0 Å². The van der Waals surface area contributed by atoms with Crippen LogP contribution in [0.1, 0.15) is 61.5 Å². The summed E-state index contributed by atoms with van der Waals surface area (Å²) in [5.74, 6) is 1.63. The summed E-state index contributed by atoms with van der Waals surface area (Å²) in [7, 11) is 0. The van der Waals surface area contributed by atoms with Crippen LogP contribution >= 0.6 is 11.3 Å². The van der Waals surface area contributed by atoms with Gasteiger partial charge in [0.1, 0.15) is 0 Å². The van der Waals surface area contributed by atoms with Gasteiger partial charge in [0, 0.05) is 23.4 Å². The van der Waals surface area contributed by atoms with Crippen molar-refractivity contribution in [3.63, 3.8) is 0 Å². The van der Waals surface area contributed by atoms with Gasteiger partial charge < -0.3 is 5.32 Å². The molecule has 0 radical (unpaired) electrons. The second kappa shape index (κ2) is 5.49. The van der Waals surface area contributed by atoms with Crippen LogP contribution in [0.25, 0.3) is 0 Å². The van der Waals surface area contributed by atoms with Crippen molar-refractivity contribution in [1.82, 2.24) is 10.3 Å². The molecule has 3 heteroatoms. The first-order valence-electron chi connectivity index (χ1n) is 6.75. The maximum Gasteiger partial charge on any atom is 0.0962 e. The number of aromatic nitrogens is 1. The minimum absolute atomic E-state index is 0.548. The molecule has 1 aromatic heterocycles. The number of nitrogens with zero attached hydrogens (tertiary/aromatic N) is 1. The van der Waals surface area contributed by atoms with Gasteiger partial charge in [0.05, 0.1) is 10.7 Å². The first-order chi connectivity index (χ1) is 8.06. The van der Waals surface area contributed by atoms with Crippen LogP contribution in [0.15, 0.2) is 0 Å². The average Bonchev–Trinajstić information content (AvgIpc) is 2.82. The molecule has 0 bridgehead atoms. The summed E-state index contributed by atoms with van der Waals surface area (Å²) in [5, 5.41) is 4.87. The molecule has 0 spiro atoms. The molecule has 2 nitrogen and oxygen atoms in total. The molecule has 17 heavy (non-hydrogen) atoms. The van der Waals surface area contributed by atoms with E-state index < -0.39 is 0 Å². The van der Waals surface area contributed by atoms with Gasteiger partial charge in [0.25, 0.3) is 0 Å². The van der Waals surface area contributed by atoms with Gasteiger partial charge in [-0.2, -0.15) is 0 Å². The maximum atomic E-state index is 4.78. The topological polar surface area (TPSA) is 24.9 Å². The Hall–Kier alpha value is -0.410. The molecule has 1 fully saturated rings. The highest BCUT2D eigenvalue weighted by atomic mass is 32.1. The second-order valence-corrected chi connectivity index (χ2v) is 6.83. The van der Waals surface area contributed by atoms with E-state index in [2.05, 4.69) is 33.0 Å². The van der Waals surface area contributed by atoms with E-state index in [1.807, 2.05) is 11.3 Å². The number of thiazole rings is 1. The molecular weight excluding hydrogens is 228 g/mol. The molecule has 1 aromatic rings. The van der Waals surface area contributed by atoms with Crippen molar-refractivity contribution in [2.24, 2.45) is 5.92 Å². The van der Waals surface area contributed by atoms with Gasteiger partial charge in [-0.05, 0) is 25.7 Å².